The smallest absolute Gasteiger partial charge is 0.230 e. The summed E-state index contributed by atoms with van der Waals surface area (Å²) in [7, 11) is 0. The van der Waals surface area contributed by atoms with E-state index in [4.69, 9.17) is 0 Å². The lowest BCUT2D eigenvalue weighted by atomic mass is 10.2. The fourth-order valence-electron chi connectivity index (χ4n) is 2.20. The van der Waals surface area contributed by atoms with Crippen LogP contribution >= 0.6 is 11.8 Å². The van der Waals surface area contributed by atoms with Gasteiger partial charge in [0.1, 0.15) is 0 Å². The highest BCUT2D eigenvalue weighted by Crippen LogP contribution is 2.10. The van der Waals surface area contributed by atoms with Crippen molar-refractivity contribution in [3.63, 3.8) is 0 Å². The summed E-state index contributed by atoms with van der Waals surface area (Å²) in [6.07, 6.45) is 2.58. The standard InChI is InChI=1S/C17H22N2OS/c20-17(15-21-14-16-8-2-1-3-9-16)18-10-4-5-11-19-12-6-7-13-19/h1-3,8-9H,6-7,10-15H2,(H,18,20). The predicted molar refractivity (Wildman–Crippen MR) is 89.1 cm³/mol. The SMILES string of the molecule is O=C(CSCc1ccccc1)NCC#CCN1CCCC1. The van der Waals surface area contributed by atoms with Gasteiger partial charge >= 0.3 is 0 Å². The van der Waals surface area contributed by atoms with E-state index < -0.39 is 0 Å². The summed E-state index contributed by atoms with van der Waals surface area (Å²) < 4.78 is 0. The van der Waals surface area contributed by atoms with Crippen LogP contribution in [0.1, 0.15) is 18.4 Å². The van der Waals surface area contributed by atoms with Crippen LogP contribution in [0.5, 0.6) is 0 Å². The Kier molecular flexibility index (Phi) is 7.20. The van der Waals surface area contributed by atoms with Gasteiger partial charge in [0.15, 0.2) is 0 Å². The van der Waals surface area contributed by atoms with Gasteiger partial charge in [-0.25, -0.2) is 0 Å². The van der Waals surface area contributed by atoms with Gasteiger partial charge in [-0.15, -0.1) is 11.8 Å². The van der Waals surface area contributed by atoms with Gasteiger partial charge in [-0.3, -0.25) is 9.69 Å². The van der Waals surface area contributed by atoms with Gasteiger partial charge in [0, 0.05) is 5.75 Å². The van der Waals surface area contributed by atoms with Gasteiger partial charge < -0.3 is 5.32 Å². The Labute approximate surface area is 131 Å². The Morgan fingerprint density at radius 2 is 1.95 bits per heavy atom. The number of likely N-dealkylation sites (tertiary alicyclic amines) is 1. The van der Waals surface area contributed by atoms with Gasteiger partial charge in [-0.05, 0) is 31.5 Å². The zero-order valence-electron chi connectivity index (χ0n) is 12.3. The maximum absolute atomic E-state index is 11.6. The fourth-order valence-corrected chi connectivity index (χ4v) is 3.02. The number of nitrogens with zero attached hydrogens (tertiary/aromatic N) is 1. The number of carbonyl (C=O) groups excluding carboxylic acids is 1. The summed E-state index contributed by atoms with van der Waals surface area (Å²) in [5.41, 5.74) is 1.25. The molecule has 0 bridgehead atoms. The Morgan fingerprint density at radius 1 is 1.19 bits per heavy atom. The Hall–Kier alpha value is -1.44. The molecular weight excluding hydrogens is 280 g/mol. The topological polar surface area (TPSA) is 32.3 Å². The summed E-state index contributed by atoms with van der Waals surface area (Å²) in [4.78, 5) is 14.0. The molecule has 0 radical (unpaired) electrons. The van der Waals surface area contributed by atoms with Crippen LogP contribution < -0.4 is 5.32 Å². The van der Waals surface area contributed by atoms with E-state index >= 15 is 0 Å². The predicted octanol–water partition coefficient (Wildman–Crippen LogP) is 2.14. The van der Waals surface area contributed by atoms with E-state index in [0.29, 0.717) is 12.3 Å². The van der Waals surface area contributed by atoms with Crippen LogP contribution in [0.3, 0.4) is 0 Å². The fraction of sp³-hybridized carbons (Fsp3) is 0.471. The van der Waals surface area contributed by atoms with Crippen LogP contribution in [-0.2, 0) is 10.5 Å². The van der Waals surface area contributed by atoms with Crippen molar-refractivity contribution in [2.24, 2.45) is 0 Å². The van der Waals surface area contributed by atoms with E-state index in [0.717, 1.165) is 25.4 Å². The number of amides is 1. The minimum absolute atomic E-state index is 0.0615. The van der Waals surface area contributed by atoms with Crippen molar-refractivity contribution >= 4 is 17.7 Å². The molecule has 1 amide bonds. The minimum atomic E-state index is 0.0615. The zero-order valence-corrected chi connectivity index (χ0v) is 13.1. The van der Waals surface area contributed by atoms with Crippen molar-refractivity contribution in [2.75, 3.05) is 31.9 Å². The molecule has 4 heteroatoms. The van der Waals surface area contributed by atoms with Gasteiger partial charge in [-0.2, -0.15) is 0 Å². The summed E-state index contributed by atoms with van der Waals surface area (Å²) in [5, 5.41) is 2.84. The first-order chi connectivity index (χ1) is 10.3. The Bertz CT molecular complexity index is 487. The monoisotopic (exact) mass is 302 g/mol. The summed E-state index contributed by atoms with van der Waals surface area (Å²) in [6, 6.07) is 10.2. The molecule has 3 nitrogen and oxygen atoms in total. The lowest BCUT2D eigenvalue weighted by molar-refractivity contribution is -0.118. The third-order valence-electron chi connectivity index (χ3n) is 3.35. The number of nitrogens with one attached hydrogen (secondary N) is 1. The van der Waals surface area contributed by atoms with Crippen LogP contribution in [0, 0.1) is 11.8 Å². The van der Waals surface area contributed by atoms with Crippen molar-refractivity contribution in [2.45, 2.75) is 18.6 Å². The summed E-state index contributed by atoms with van der Waals surface area (Å²) in [5.74, 6) is 7.56. The Morgan fingerprint density at radius 3 is 2.71 bits per heavy atom. The molecule has 1 N–H and O–H groups in total. The number of benzene rings is 1. The quantitative estimate of drug-likeness (QED) is 0.817. The molecule has 1 aromatic rings. The van der Waals surface area contributed by atoms with E-state index in [1.807, 2.05) is 18.2 Å². The molecule has 0 aliphatic carbocycles. The van der Waals surface area contributed by atoms with E-state index in [1.54, 1.807) is 11.8 Å². The number of hydrogen-bond acceptors (Lipinski definition) is 3. The highest BCUT2D eigenvalue weighted by molar-refractivity contribution is 7.99. The molecule has 1 saturated heterocycles. The van der Waals surface area contributed by atoms with Crippen LogP contribution in [0.15, 0.2) is 30.3 Å². The maximum atomic E-state index is 11.6. The van der Waals surface area contributed by atoms with Crippen molar-refractivity contribution in [3.05, 3.63) is 35.9 Å². The number of thioether (sulfide) groups is 1. The lowest BCUT2D eigenvalue weighted by Gasteiger charge is -2.08. The molecule has 0 aromatic heterocycles. The van der Waals surface area contributed by atoms with Crippen LogP contribution in [0.2, 0.25) is 0 Å². The molecule has 2 rings (SSSR count). The average Bonchev–Trinajstić information content (AvgIpc) is 3.01. The third-order valence-corrected chi connectivity index (χ3v) is 4.35. The molecule has 1 heterocycles. The van der Waals surface area contributed by atoms with E-state index in [1.165, 1.54) is 18.4 Å². The molecule has 0 atom stereocenters. The second kappa shape index (κ2) is 9.49. The minimum Gasteiger partial charge on any atom is -0.344 e. The number of carbonyl (C=O) groups is 1. The van der Waals surface area contributed by atoms with Crippen molar-refractivity contribution in [3.8, 4) is 11.8 Å². The van der Waals surface area contributed by atoms with Gasteiger partial charge in [0.05, 0.1) is 18.8 Å². The molecule has 0 spiro atoms. The normalized spacial score (nSPS) is 14.5. The molecule has 1 aliphatic heterocycles. The van der Waals surface area contributed by atoms with Crippen molar-refractivity contribution < 1.29 is 4.79 Å². The van der Waals surface area contributed by atoms with E-state index in [2.05, 4.69) is 34.2 Å². The molecular formula is C17H22N2OS. The van der Waals surface area contributed by atoms with Gasteiger partial charge in [-0.1, -0.05) is 42.2 Å². The summed E-state index contributed by atoms with van der Waals surface area (Å²) >= 11 is 1.63. The number of hydrogen-bond donors (Lipinski definition) is 1. The Balaban J connectivity index is 1.52. The molecule has 0 unspecified atom stereocenters. The van der Waals surface area contributed by atoms with Gasteiger partial charge in [0.25, 0.3) is 0 Å². The average molecular weight is 302 g/mol. The number of rotatable bonds is 6. The maximum Gasteiger partial charge on any atom is 0.230 e. The van der Waals surface area contributed by atoms with Crippen LogP contribution in [0.4, 0.5) is 0 Å². The molecule has 1 aromatic carbocycles. The van der Waals surface area contributed by atoms with Crippen molar-refractivity contribution in [1.82, 2.24) is 10.2 Å². The second-order valence-corrected chi connectivity index (χ2v) is 6.08. The zero-order chi connectivity index (χ0) is 14.8. The molecule has 0 saturated carbocycles. The largest absolute Gasteiger partial charge is 0.344 e. The molecule has 1 aliphatic rings. The first kappa shape index (κ1) is 15.9. The first-order valence-corrected chi connectivity index (χ1v) is 8.56. The van der Waals surface area contributed by atoms with Crippen LogP contribution in [-0.4, -0.2) is 42.7 Å². The van der Waals surface area contributed by atoms with E-state index in [9.17, 15) is 4.79 Å². The highest BCUT2D eigenvalue weighted by atomic mass is 32.2. The van der Waals surface area contributed by atoms with Gasteiger partial charge in [0.2, 0.25) is 5.91 Å². The highest BCUT2D eigenvalue weighted by Gasteiger charge is 2.08. The van der Waals surface area contributed by atoms with Crippen LogP contribution in [0.25, 0.3) is 0 Å². The lowest BCUT2D eigenvalue weighted by Crippen LogP contribution is -2.25. The molecule has 21 heavy (non-hydrogen) atoms. The summed E-state index contributed by atoms with van der Waals surface area (Å²) in [6.45, 7) is 3.62. The molecule has 1 fully saturated rings. The third kappa shape index (κ3) is 6.70. The van der Waals surface area contributed by atoms with E-state index in [-0.39, 0.29) is 5.91 Å². The molecule has 112 valence electrons. The van der Waals surface area contributed by atoms with Crippen molar-refractivity contribution in [1.29, 1.82) is 0 Å². The second-order valence-electron chi connectivity index (χ2n) is 5.09. The first-order valence-electron chi connectivity index (χ1n) is 7.41.